The maximum absolute atomic E-state index is 13.8. The molecule has 1 unspecified atom stereocenters. The van der Waals surface area contributed by atoms with Crippen LogP contribution in [0.15, 0.2) is 48.5 Å². The molecule has 1 heterocycles. The first-order valence-electron chi connectivity index (χ1n) is 9.07. The van der Waals surface area contributed by atoms with Gasteiger partial charge in [0.1, 0.15) is 11.9 Å². The van der Waals surface area contributed by atoms with Crippen molar-refractivity contribution in [1.29, 1.82) is 0 Å². The van der Waals surface area contributed by atoms with Crippen molar-refractivity contribution in [3.63, 3.8) is 0 Å². The average Bonchev–Trinajstić information content (AvgIpc) is 2.93. The second kappa shape index (κ2) is 9.19. The minimum Gasteiger partial charge on any atom is -0.324 e. The summed E-state index contributed by atoms with van der Waals surface area (Å²) in [6.07, 6.45) is -0.329. The van der Waals surface area contributed by atoms with Crippen molar-refractivity contribution in [3.05, 3.63) is 64.9 Å². The van der Waals surface area contributed by atoms with Crippen molar-refractivity contribution < 1.29 is 18.8 Å². The van der Waals surface area contributed by atoms with E-state index in [1.807, 2.05) is 0 Å². The van der Waals surface area contributed by atoms with Crippen LogP contribution in [0.2, 0.25) is 5.02 Å². The number of hydrazine groups is 1. The molecule has 0 spiro atoms. The Hall–Kier alpha value is -3.04. The summed E-state index contributed by atoms with van der Waals surface area (Å²) in [5.74, 6) is -2.13. The summed E-state index contributed by atoms with van der Waals surface area (Å²) in [4.78, 5) is 39.1. The minimum atomic E-state index is -1.06. The third-order valence-corrected chi connectivity index (χ3v) is 5.14. The van der Waals surface area contributed by atoms with Crippen molar-refractivity contribution >= 4 is 52.3 Å². The van der Waals surface area contributed by atoms with Crippen LogP contribution in [0.25, 0.3) is 0 Å². The number of para-hydroxylation sites is 1. The van der Waals surface area contributed by atoms with Gasteiger partial charge in [0, 0.05) is 17.1 Å². The smallest absolute Gasteiger partial charge is 0.269 e. The maximum atomic E-state index is 13.8. The van der Waals surface area contributed by atoms with Gasteiger partial charge in [-0.3, -0.25) is 24.7 Å². The lowest BCUT2D eigenvalue weighted by atomic mass is 10.1. The number of hydrogen-bond acceptors (Lipinski definition) is 4. The second-order valence-corrected chi connectivity index (χ2v) is 7.23. The lowest BCUT2D eigenvalue weighted by Gasteiger charge is -2.24. The van der Waals surface area contributed by atoms with E-state index in [-0.39, 0.29) is 23.8 Å². The molecule has 0 saturated carbocycles. The van der Waals surface area contributed by atoms with Gasteiger partial charge in [-0.1, -0.05) is 23.7 Å². The number of halogens is 2. The van der Waals surface area contributed by atoms with Gasteiger partial charge in [0.25, 0.3) is 11.8 Å². The summed E-state index contributed by atoms with van der Waals surface area (Å²) in [5.41, 5.74) is 2.89. The molecule has 1 aliphatic rings. The van der Waals surface area contributed by atoms with Crippen LogP contribution in [0, 0.1) is 5.82 Å². The van der Waals surface area contributed by atoms with E-state index in [4.69, 9.17) is 23.8 Å². The van der Waals surface area contributed by atoms with E-state index in [9.17, 15) is 18.8 Å². The van der Waals surface area contributed by atoms with Crippen LogP contribution in [-0.2, 0) is 9.59 Å². The Kier molecular flexibility index (Phi) is 6.63. The molecule has 2 aromatic rings. The predicted molar refractivity (Wildman–Crippen MR) is 114 cm³/mol. The zero-order valence-corrected chi connectivity index (χ0v) is 17.5. The van der Waals surface area contributed by atoms with Gasteiger partial charge >= 0.3 is 0 Å². The van der Waals surface area contributed by atoms with E-state index in [0.717, 1.165) is 0 Å². The van der Waals surface area contributed by atoms with Gasteiger partial charge < -0.3 is 5.32 Å². The van der Waals surface area contributed by atoms with Gasteiger partial charge in [0.15, 0.2) is 5.11 Å². The Balaban J connectivity index is 1.77. The highest BCUT2D eigenvalue weighted by Gasteiger charge is 2.43. The topological polar surface area (TPSA) is 81.8 Å². The van der Waals surface area contributed by atoms with Crippen LogP contribution in [0.4, 0.5) is 10.1 Å². The number of carbonyl (C=O) groups excluding carboxylic acids is 3. The first-order chi connectivity index (χ1) is 14.3. The Labute approximate surface area is 182 Å². The largest absolute Gasteiger partial charge is 0.324 e. The molecule has 3 amide bonds. The molecule has 0 aliphatic carbocycles. The molecule has 156 valence electrons. The molecule has 1 fully saturated rings. The van der Waals surface area contributed by atoms with Crippen molar-refractivity contribution in [2.24, 2.45) is 0 Å². The summed E-state index contributed by atoms with van der Waals surface area (Å²) in [6, 6.07) is 10.8. The van der Waals surface area contributed by atoms with Crippen molar-refractivity contribution in [3.8, 4) is 0 Å². The van der Waals surface area contributed by atoms with Gasteiger partial charge in [-0.15, -0.1) is 0 Å². The Morgan fingerprint density at radius 1 is 1.17 bits per heavy atom. The van der Waals surface area contributed by atoms with Gasteiger partial charge in [0.05, 0.1) is 12.1 Å². The number of likely N-dealkylation sites (N-methyl/N-ethyl adjacent to an activating group) is 1. The van der Waals surface area contributed by atoms with E-state index in [1.54, 1.807) is 25.1 Å². The van der Waals surface area contributed by atoms with E-state index in [1.165, 1.54) is 40.2 Å². The fourth-order valence-corrected chi connectivity index (χ4v) is 3.48. The molecular formula is C20H18ClFN4O3S. The second-order valence-electron chi connectivity index (χ2n) is 6.43. The summed E-state index contributed by atoms with van der Waals surface area (Å²) < 4.78 is 13.8. The molecule has 1 saturated heterocycles. The summed E-state index contributed by atoms with van der Waals surface area (Å²) in [6.45, 7) is 2.00. The molecule has 30 heavy (non-hydrogen) atoms. The number of hydrogen-bond donors (Lipinski definition) is 2. The predicted octanol–water partition coefficient (Wildman–Crippen LogP) is 2.97. The molecule has 1 atom stereocenters. The van der Waals surface area contributed by atoms with E-state index in [2.05, 4.69) is 10.7 Å². The molecule has 0 bridgehead atoms. The third-order valence-electron chi connectivity index (χ3n) is 4.47. The monoisotopic (exact) mass is 448 g/mol. The summed E-state index contributed by atoms with van der Waals surface area (Å²) in [7, 11) is 0. The zero-order chi connectivity index (χ0) is 21.8. The molecule has 0 aromatic heterocycles. The molecule has 7 nitrogen and oxygen atoms in total. The van der Waals surface area contributed by atoms with Crippen LogP contribution in [0.3, 0.4) is 0 Å². The molecule has 2 aromatic carbocycles. The Bertz CT molecular complexity index is 1000. The Morgan fingerprint density at radius 2 is 1.83 bits per heavy atom. The number of rotatable bonds is 6. The lowest BCUT2D eigenvalue weighted by Crippen LogP contribution is -2.49. The van der Waals surface area contributed by atoms with Crippen LogP contribution in [0.1, 0.15) is 23.7 Å². The van der Waals surface area contributed by atoms with Gasteiger partial charge in [-0.05, 0) is 55.5 Å². The summed E-state index contributed by atoms with van der Waals surface area (Å²) in [5, 5.41) is 4.18. The fourth-order valence-electron chi connectivity index (χ4n) is 2.96. The highest BCUT2D eigenvalue weighted by Crippen LogP contribution is 2.21. The van der Waals surface area contributed by atoms with Crippen molar-refractivity contribution in [2.75, 3.05) is 11.9 Å². The molecule has 2 N–H and O–H groups in total. The number of carbonyl (C=O) groups is 3. The molecule has 10 heteroatoms. The molecule has 0 radical (unpaired) electrons. The lowest BCUT2D eigenvalue weighted by molar-refractivity contribution is -0.130. The number of amides is 3. The van der Waals surface area contributed by atoms with Crippen LogP contribution < -0.4 is 10.7 Å². The first kappa shape index (κ1) is 21.7. The first-order valence-corrected chi connectivity index (χ1v) is 9.86. The number of nitrogens with one attached hydrogen (secondary N) is 2. The molecule has 1 aliphatic heterocycles. The zero-order valence-electron chi connectivity index (χ0n) is 15.9. The van der Waals surface area contributed by atoms with Crippen molar-refractivity contribution in [1.82, 2.24) is 15.3 Å². The van der Waals surface area contributed by atoms with E-state index < -0.39 is 29.6 Å². The average molecular weight is 449 g/mol. The number of anilines is 1. The minimum absolute atomic E-state index is 0.000352. The SMILES string of the molecule is CCN1C(=O)C(CC(=O)Nc2ccccc2F)N(NC(=O)c2ccc(Cl)cc2)C1=S. The van der Waals surface area contributed by atoms with Gasteiger partial charge in [-0.25, -0.2) is 9.40 Å². The third kappa shape index (κ3) is 4.58. The fraction of sp³-hybridized carbons (Fsp3) is 0.200. The quantitative estimate of drug-likeness (QED) is 0.664. The molecular weight excluding hydrogens is 431 g/mol. The normalized spacial score (nSPS) is 16.0. The van der Waals surface area contributed by atoms with Crippen LogP contribution in [-0.4, -0.2) is 45.3 Å². The van der Waals surface area contributed by atoms with E-state index >= 15 is 0 Å². The van der Waals surface area contributed by atoms with Gasteiger partial charge in [-0.2, -0.15) is 0 Å². The Morgan fingerprint density at radius 3 is 2.47 bits per heavy atom. The highest BCUT2D eigenvalue weighted by molar-refractivity contribution is 7.80. The number of benzene rings is 2. The standard InChI is InChI=1S/C20H18ClFN4O3S/c1-2-25-19(29)16(11-17(27)23-15-6-4-3-5-14(15)22)26(20(25)30)24-18(28)12-7-9-13(21)10-8-12/h3-10,16H,2,11H2,1H3,(H,23,27)(H,24,28). The maximum Gasteiger partial charge on any atom is 0.269 e. The van der Waals surface area contributed by atoms with Gasteiger partial charge in [0.2, 0.25) is 5.91 Å². The van der Waals surface area contributed by atoms with Crippen molar-refractivity contribution in [2.45, 2.75) is 19.4 Å². The number of thiocarbonyl (C=S) groups is 1. The number of nitrogens with zero attached hydrogens (tertiary/aromatic N) is 2. The van der Waals surface area contributed by atoms with E-state index in [0.29, 0.717) is 10.6 Å². The molecule has 3 rings (SSSR count). The van der Waals surface area contributed by atoms with Crippen LogP contribution >= 0.6 is 23.8 Å². The summed E-state index contributed by atoms with van der Waals surface area (Å²) >= 11 is 11.2. The highest BCUT2D eigenvalue weighted by atomic mass is 35.5. The van der Waals surface area contributed by atoms with Crippen LogP contribution in [0.5, 0.6) is 0 Å².